The smallest absolute Gasteiger partial charge is 0.303 e. The van der Waals surface area contributed by atoms with Crippen LogP contribution in [-0.4, -0.2) is 41.8 Å². The minimum Gasteiger partial charge on any atom is -0.456 e. The van der Waals surface area contributed by atoms with Crippen molar-refractivity contribution in [1.29, 1.82) is 0 Å². The van der Waals surface area contributed by atoms with Gasteiger partial charge in [-0.2, -0.15) is 0 Å². The van der Waals surface area contributed by atoms with E-state index < -0.39 is 41.8 Å². The summed E-state index contributed by atoms with van der Waals surface area (Å²) in [6, 6.07) is 19.5. The second kappa shape index (κ2) is 10.6. The molecule has 3 rings (SSSR count). The van der Waals surface area contributed by atoms with Crippen molar-refractivity contribution in [3.8, 4) is 0 Å². The van der Waals surface area contributed by atoms with Crippen LogP contribution in [0.25, 0.3) is 0 Å². The molecule has 6 nitrogen and oxygen atoms in total. The molecule has 0 N–H and O–H groups in total. The topological polar surface area (TPSA) is 71.1 Å². The number of carbonyl (C=O) groups is 2. The van der Waals surface area contributed by atoms with Crippen LogP contribution in [-0.2, 0) is 35.1 Å². The summed E-state index contributed by atoms with van der Waals surface area (Å²) in [6.45, 7) is 4.76. The van der Waals surface area contributed by atoms with Gasteiger partial charge in [-0.15, -0.1) is 0 Å². The third kappa shape index (κ3) is 6.08. The van der Waals surface area contributed by atoms with Gasteiger partial charge in [0.25, 0.3) is 0 Å². The van der Waals surface area contributed by atoms with Gasteiger partial charge < -0.3 is 18.9 Å². The Morgan fingerprint density at radius 2 is 1.43 bits per heavy atom. The number of rotatable bonds is 7. The Hall–Kier alpha value is -2.35. The first-order chi connectivity index (χ1) is 14.4. The van der Waals surface area contributed by atoms with Crippen molar-refractivity contribution in [3.05, 3.63) is 66.2 Å². The van der Waals surface area contributed by atoms with Crippen molar-refractivity contribution in [2.75, 3.05) is 0 Å². The lowest BCUT2D eigenvalue weighted by Crippen LogP contribution is -2.59. The van der Waals surface area contributed by atoms with E-state index in [1.54, 1.807) is 6.92 Å². The number of hydrogen-bond donors (Lipinski definition) is 0. The summed E-state index contributed by atoms with van der Waals surface area (Å²) < 4.78 is 23.5. The Balaban J connectivity index is 1.88. The molecular formula is C23H26O6S. The molecule has 160 valence electrons. The van der Waals surface area contributed by atoms with Crippen LogP contribution in [0.15, 0.2) is 65.6 Å². The maximum Gasteiger partial charge on any atom is 0.303 e. The molecular weight excluding hydrogens is 404 g/mol. The van der Waals surface area contributed by atoms with E-state index in [4.69, 9.17) is 18.9 Å². The first kappa shape index (κ1) is 22.3. The summed E-state index contributed by atoms with van der Waals surface area (Å²) in [7, 11) is 0. The quantitative estimate of drug-likeness (QED) is 0.616. The van der Waals surface area contributed by atoms with Gasteiger partial charge in [0.05, 0.1) is 12.7 Å². The van der Waals surface area contributed by atoms with E-state index in [0.29, 0.717) is 6.61 Å². The molecule has 0 amide bonds. The van der Waals surface area contributed by atoms with Gasteiger partial charge in [-0.3, -0.25) is 9.59 Å². The molecule has 2 aromatic carbocycles. The lowest BCUT2D eigenvalue weighted by molar-refractivity contribution is -0.232. The molecule has 1 aliphatic rings. The lowest BCUT2D eigenvalue weighted by Gasteiger charge is -2.44. The Kier molecular flexibility index (Phi) is 7.90. The third-order valence-electron chi connectivity index (χ3n) is 4.61. The summed E-state index contributed by atoms with van der Waals surface area (Å²) in [5, 5.41) is 0. The summed E-state index contributed by atoms with van der Waals surface area (Å²) in [4.78, 5) is 24.5. The van der Waals surface area contributed by atoms with E-state index in [0.717, 1.165) is 10.5 Å². The van der Waals surface area contributed by atoms with E-state index >= 15 is 0 Å². The summed E-state index contributed by atoms with van der Waals surface area (Å²) >= 11 is 1.48. The fraction of sp³-hybridized carbons (Fsp3) is 0.391. The zero-order valence-corrected chi connectivity index (χ0v) is 18.0. The predicted molar refractivity (Wildman–Crippen MR) is 113 cm³/mol. The van der Waals surface area contributed by atoms with E-state index in [-0.39, 0.29) is 0 Å². The maximum atomic E-state index is 11.9. The third-order valence-corrected chi connectivity index (χ3v) is 5.77. The monoisotopic (exact) mass is 430 g/mol. The number of ether oxygens (including phenoxy) is 4. The number of carbonyl (C=O) groups excluding carboxylic acids is 2. The van der Waals surface area contributed by atoms with Crippen molar-refractivity contribution in [1.82, 2.24) is 0 Å². The van der Waals surface area contributed by atoms with Crippen LogP contribution in [0.1, 0.15) is 26.3 Å². The minimum atomic E-state index is -0.792. The summed E-state index contributed by atoms with van der Waals surface area (Å²) in [6.07, 6.45) is -2.67. The van der Waals surface area contributed by atoms with Crippen LogP contribution in [0.4, 0.5) is 0 Å². The van der Waals surface area contributed by atoms with Crippen LogP contribution in [0.2, 0.25) is 0 Å². The van der Waals surface area contributed by atoms with Gasteiger partial charge in [0.15, 0.2) is 12.2 Å². The van der Waals surface area contributed by atoms with Crippen molar-refractivity contribution in [2.24, 2.45) is 0 Å². The van der Waals surface area contributed by atoms with Crippen molar-refractivity contribution < 1.29 is 28.5 Å². The Morgan fingerprint density at radius 3 is 2.03 bits per heavy atom. The molecule has 0 spiro atoms. The molecule has 1 aliphatic heterocycles. The summed E-state index contributed by atoms with van der Waals surface area (Å²) in [5.74, 6) is -0.938. The Morgan fingerprint density at radius 1 is 0.867 bits per heavy atom. The summed E-state index contributed by atoms with van der Waals surface area (Å²) in [5.41, 5.74) is 0.521. The van der Waals surface area contributed by atoms with Crippen LogP contribution < -0.4 is 0 Å². The van der Waals surface area contributed by atoms with Gasteiger partial charge in [-0.25, -0.2) is 0 Å². The maximum absolute atomic E-state index is 11.9. The van der Waals surface area contributed by atoms with Gasteiger partial charge >= 0.3 is 11.9 Å². The van der Waals surface area contributed by atoms with Crippen LogP contribution >= 0.6 is 11.8 Å². The Labute approximate surface area is 180 Å². The van der Waals surface area contributed by atoms with Gasteiger partial charge in [-0.1, -0.05) is 60.3 Å². The van der Waals surface area contributed by atoms with E-state index in [9.17, 15) is 9.59 Å². The molecule has 5 atom stereocenters. The highest BCUT2D eigenvalue weighted by Crippen LogP contribution is 2.37. The number of hydrogen-bond acceptors (Lipinski definition) is 7. The van der Waals surface area contributed by atoms with Crippen LogP contribution in [0.5, 0.6) is 0 Å². The SMILES string of the molecule is CC(=O)O[C@@H]1[C@H](OC(C)=O)[C@H](C)O[C@H](Sc2ccccc2)[C@H]1OCc1ccccc1. The molecule has 1 fully saturated rings. The molecule has 30 heavy (non-hydrogen) atoms. The molecule has 0 unspecified atom stereocenters. The molecule has 0 aromatic heterocycles. The molecule has 0 saturated carbocycles. The zero-order valence-electron chi connectivity index (χ0n) is 17.2. The van der Waals surface area contributed by atoms with Crippen molar-refractivity contribution >= 4 is 23.7 Å². The molecule has 1 saturated heterocycles. The average Bonchev–Trinajstić information content (AvgIpc) is 2.71. The number of benzene rings is 2. The van der Waals surface area contributed by atoms with E-state index in [1.807, 2.05) is 60.7 Å². The zero-order chi connectivity index (χ0) is 21.5. The fourth-order valence-corrected chi connectivity index (χ4v) is 4.50. The first-order valence-corrected chi connectivity index (χ1v) is 10.7. The molecule has 0 radical (unpaired) electrons. The lowest BCUT2D eigenvalue weighted by atomic mass is 10.00. The highest BCUT2D eigenvalue weighted by Gasteiger charge is 2.49. The van der Waals surface area contributed by atoms with Gasteiger partial charge in [0, 0.05) is 18.7 Å². The van der Waals surface area contributed by atoms with Crippen molar-refractivity contribution in [3.63, 3.8) is 0 Å². The first-order valence-electron chi connectivity index (χ1n) is 9.81. The Bertz CT molecular complexity index is 828. The standard InChI is InChI=1S/C23H26O6S/c1-15-20(28-16(2)24)21(29-17(3)25)22(26-14-18-10-6-4-7-11-18)23(27-15)30-19-12-8-5-9-13-19/h4-13,15,20-23H,14H2,1-3H3/t15-,20+,21+,22-,23+/m0/s1. The van der Waals surface area contributed by atoms with Gasteiger partial charge in [0.1, 0.15) is 11.5 Å². The predicted octanol–water partition coefficient (Wildman–Crippen LogP) is 3.97. The van der Waals surface area contributed by atoms with Crippen LogP contribution in [0.3, 0.4) is 0 Å². The van der Waals surface area contributed by atoms with Gasteiger partial charge in [-0.05, 0) is 24.6 Å². The largest absolute Gasteiger partial charge is 0.456 e. The number of esters is 2. The molecule has 1 heterocycles. The van der Waals surface area contributed by atoms with E-state index in [1.165, 1.54) is 25.6 Å². The second-order valence-electron chi connectivity index (χ2n) is 7.05. The normalized spacial score (nSPS) is 26.0. The highest BCUT2D eigenvalue weighted by atomic mass is 32.2. The number of thioether (sulfide) groups is 1. The van der Waals surface area contributed by atoms with Gasteiger partial charge in [0.2, 0.25) is 0 Å². The fourth-order valence-electron chi connectivity index (χ4n) is 3.32. The average molecular weight is 431 g/mol. The molecule has 2 aromatic rings. The molecule has 0 bridgehead atoms. The minimum absolute atomic E-state index is 0.305. The van der Waals surface area contributed by atoms with Crippen molar-refractivity contribution in [2.45, 2.75) is 62.1 Å². The van der Waals surface area contributed by atoms with E-state index in [2.05, 4.69) is 0 Å². The second-order valence-corrected chi connectivity index (χ2v) is 8.22. The highest BCUT2D eigenvalue weighted by molar-refractivity contribution is 7.99. The molecule has 0 aliphatic carbocycles. The van der Waals surface area contributed by atoms with Crippen LogP contribution in [0, 0.1) is 0 Å². The molecule has 7 heteroatoms.